The number of H-pyrrole nitrogens is 2. The number of carbonyl (C=O) groups is 3. The highest BCUT2D eigenvalue weighted by Gasteiger charge is 2.27. The molecule has 186 valence electrons. The predicted octanol–water partition coefficient (Wildman–Crippen LogP) is 2.86. The van der Waals surface area contributed by atoms with Crippen LogP contribution in [0.25, 0.3) is 21.8 Å². The maximum atomic E-state index is 12.9. The van der Waals surface area contributed by atoms with Crippen LogP contribution in [0.4, 0.5) is 4.79 Å². The molecule has 0 bridgehead atoms. The summed E-state index contributed by atoms with van der Waals surface area (Å²) in [6, 6.07) is 16.7. The molecular formula is C27H30N6O3. The molecule has 5 rings (SSSR count). The molecule has 1 saturated heterocycles. The molecule has 2 aromatic heterocycles. The fraction of sp³-hybridized carbons (Fsp3) is 0.296. The summed E-state index contributed by atoms with van der Waals surface area (Å²) in [5.74, 6) is -0.301. The molecule has 1 fully saturated rings. The first-order valence-electron chi connectivity index (χ1n) is 12.2. The van der Waals surface area contributed by atoms with Gasteiger partial charge in [-0.2, -0.15) is 0 Å². The number of rotatable bonds is 6. The molecule has 4 N–H and O–H groups in total. The van der Waals surface area contributed by atoms with Gasteiger partial charge in [-0.15, -0.1) is 0 Å². The summed E-state index contributed by atoms with van der Waals surface area (Å²) in [4.78, 5) is 47.9. The van der Waals surface area contributed by atoms with Gasteiger partial charge < -0.3 is 30.4 Å². The van der Waals surface area contributed by atoms with Crippen LogP contribution in [0.15, 0.2) is 60.8 Å². The number of piperazine rings is 1. The third-order valence-electron chi connectivity index (χ3n) is 6.72. The van der Waals surface area contributed by atoms with Crippen molar-refractivity contribution < 1.29 is 14.4 Å². The van der Waals surface area contributed by atoms with Gasteiger partial charge in [0, 0.05) is 60.7 Å². The van der Waals surface area contributed by atoms with Crippen molar-refractivity contribution in [3.05, 3.63) is 72.1 Å². The number of benzene rings is 2. The molecule has 0 radical (unpaired) electrons. The zero-order valence-corrected chi connectivity index (χ0v) is 20.2. The monoisotopic (exact) mass is 486 g/mol. The Morgan fingerprint density at radius 2 is 1.64 bits per heavy atom. The van der Waals surface area contributed by atoms with Crippen LogP contribution in [0.1, 0.15) is 23.0 Å². The molecule has 1 aliphatic heterocycles. The van der Waals surface area contributed by atoms with E-state index in [0.29, 0.717) is 44.8 Å². The Kier molecular flexibility index (Phi) is 6.62. The third kappa shape index (κ3) is 4.91. The van der Waals surface area contributed by atoms with Gasteiger partial charge in [0.1, 0.15) is 11.7 Å². The van der Waals surface area contributed by atoms with Gasteiger partial charge >= 0.3 is 6.03 Å². The van der Waals surface area contributed by atoms with E-state index < -0.39 is 6.04 Å². The second kappa shape index (κ2) is 10.2. The first-order valence-corrected chi connectivity index (χ1v) is 12.2. The molecule has 0 aliphatic carbocycles. The lowest BCUT2D eigenvalue weighted by Crippen LogP contribution is -2.56. The van der Waals surface area contributed by atoms with Gasteiger partial charge in [-0.05, 0) is 37.1 Å². The predicted molar refractivity (Wildman–Crippen MR) is 139 cm³/mol. The number of para-hydroxylation sites is 2. The topological polar surface area (TPSA) is 113 Å². The molecule has 1 aliphatic rings. The highest BCUT2D eigenvalue weighted by Crippen LogP contribution is 2.18. The van der Waals surface area contributed by atoms with Crippen molar-refractivity contribution in [2.75, 3.05) is 32.7 Å². The average Bonchev–Trinajstić information content (AvgIpc) is 3.52. The number of aromatic amines is 2. The maximum absolute atomic E-state index is 12.9. The molecule has 9 nitrogen and oxygen atoms in total. The minimum Gasteiger partial charge on any atom is -0.361 e. The zero-order chi connectivity index (χ0) is 25.1. The quantitative estimate of drug-likeness (QED) is 0.336. The molecule has 0 saturated carbocycles. The van der Waals surface area contributed by atoms with E-state index in [1.54, 1.807) is 16.7 Å². The largest absolute Gasteiger partial charge is 0.361 e. The first kappa shape index (κ1) is 23.5. The van der Waals surface area contributed by atoms with Crippen molar-refractivity contribution in [2.45, 2.75) is 19.4 Å². The van der Waals surface area contributed by atoms with E-state index in [1.807, 2.05) is 54.7 Å². The lowest BCUT2D eigenvalue weighted by Gasteiger charge is -2.35. The second-order valence-corrected chi connectivity index (χ2v) is 9.12. The van der Waals surface area contributed by atoms with Gasteiger partial charge in [0.25, 0.3) is 5.91 Å². The molecule has 0 spiro atoms. The summed E-state index contributed by atoms with van der Waals surface area (Å²) in [5.41, 5.74) is 3.68. The van der Waals surface area contributed by atoms with Crippen LogP contribution in [-0.2, 0) is 11.2 Å². The summed E-state index contributed by atoms with van der Waals surface area (Å²) in [6.45, 7) is 3.85. The molecule has 3 heterocycles. The van der Waals surface area contributed by atoms with E-state index in [2.05, 4.69) is 26.7 Å². The van der Waals surface area contributed by atoms with E-state index in [9.17, 15) is 14.4 Å². The summed E-state index contributed by atoms with van der Waals surface area (Å²) < 4.78 is 0. The summed E-state index contributed by atoms with van der Waals surface area (Å²) >= 11 is 0. The van der Waals surface area contributed by atoms with Crippen LogP contribution in [-0.4, -0.2) is 76.4 Å². The second-order valence-electron chi connectivity index (χ2n) is 9.12. The van der Waals surface area contributed by atoms with Crippen molar-refractivity contribution in [1.82, 2.24) is 30.4 Å². The molecule has 1 unspecified atom stereocenters. The van der Waals surface area contributed by atoms with E-state index in [4.69, 9.17) is 0 Å². The van der Waals surface area contributed by atoms with Gasteiger partial charge in [0.15, 0.2) is 0 Å². The highest BCUT2D eigenvalue weighted by molar-refractivity contribution is 5.98. The van der Waals surface area contributed by atoms with Crippen LogP contribution in [0.5, 0.6) is 0 Å². The number of hydrogen-bond acceptors (Lipinski definition) is 3. The Morgan fingerprint density at radius 1 is 0.944 bits per heavy atom. The van der Waals surface area contributed by atoms with E-state index >= 15 is 0 Å². The maximum Gasteiger partial charge on any atom is 0.318 e. The van der Waals surface area contributed by atoms with E-state index in [0.717, 1.165) is 27.4 Å². The molecule has 1 atom stereocenters. The van der Waals surface area contributed by atoms with Gasteiger partial charge in [0.2, 0.25) is 5.91 Å². The Balaban J connectivity index is 1.06. The van der Waals surface area contributed by atoms with Crippen LogP contribution in [0.3, 0.4) is 0 Å². The number of nitrogens with zero attached hydrogens (tertiary/aromatic N) is 2. The van der Waals surface area contributed by atoms with Crippen molar-refractivity contribution >= 4 is 39.7 Å². The van der Waals surface area contributed by atoms with E-state index in [1.165, 1.54) is 0 Å². The van der Waals surface area contributed by atoms with Gasteiger partial charge in [-0.1, -0.05) is 36.4 Å². The number of nitrogens with one attached hydrogen (secondary N) is 4. The van der Waals surface area contributed by atoms with Crippen LogP contribution >= 0.6 is 0 Å². The van der Waals surface area contributed by atoms with Gasteiger partial charge in [-0.25, -0.2) is 4.79 Å². The van der Waals surface area contributed by atoms with Gasteiger partial charge in [0.05, 0.1) is 0 Å². The van der Waals surface area contributed by atoms with Gasteiger partial charge in [-0.3, -0.25) is 9.59 Å². The molecule has 4 aromatic rings. The SMILES string of the molecule is CC(NC(=O)N1CCN(C(=O)c2cc3ccccc3[nH]2)CC1)C(=O)NCCc1c[nH]c2ccccc12. The lowest BCUT2D eigenvalue weighted by atomic mass is 10.1. The Morgan fingerprint density at radius 3 is 2.42 bits per heavy atom. The zero-order valence-electron chi connectivity index (χ0n) is 20.2. The summed E-state index contributed by atoms with van der Waals surface area (Å²) in [6.07, 6.45) is 2.66. The molecule has 9 heteroatoms. The number of amides is 4. The number of fused-ring (bicyclic) bond motifs is 2. The van der Waals surface area contributed by atoms with Crippen LogP contribution < -0.4 is 10.6 Å². The fourth-order valence-electron chi connectivity index (χ4n) is 4.63. The summed E-state index contributed by atoms with van der Waals surface area (Å²) in [5, 5.41) is 7.82. The molecular weight excluding hydrogens is 456 g/mol. The normalized spacial score (nSPS) is 14.7. The van der Waals surface area contributed by atoms with Crippen molar-refractivity contribution in [3.8, 4) is 0 Å². The van der Waals surface area contributed by atoms with Crippen molar-refractivity contribution in [3.63, 3.8) is 0 Å². The minimum atomic E-state index is -0.661. The third-order valence-corrected chi connectivity index (χ3v) is 6.72. The number of hydrogen-bond donors (Lipinski definition) is 4. The van der Waals surface area contributed by atoms with Crippen molar-refractivity contribution in [1.29, 1.82) is 0 Å². The average molecular weight is 487 g/mol. The number of aromatic nitrogens is 2. The smallest absolute Gasteiger partial charge is 0.318 e. The Bertz CT molecular complexity index is 1370. The van der Waals surface area contributed by atoms with Crippen molar-refractivity contribution in [2.24, 2.45) is 0 Å². The number of carbonyl (C=O) groups excluding carboxylic acids is 3. The standard InChI is InChI=1S/C27H30N6O3/c1-18(25(34)28-11-10-20-17-29-23-9-5-3-7-21(20)23)30-27(36)33-14-12-32(13-15-33)26(35)24-16-19-6-2-4-8-22(19)31-24/h2-9,16-18,29,31H,10-15H2,1H3,(H,28,34)(H,30,36). The first-order chi connectivity index (χ1) is 17.5. The van der Waals surface area contributed by atoms with Crippen LogP contribution in [0.2, 0.25) is 0 Å². The molecule has 4 amide bonds. The van der Waals surface area contributed by atoms with E-state index in [-0.39, 0.29) is 17.8 Å². The van der Waals surface area contributed by atoms with Crippen LogP contribution in [0, 0.1) is 0 Å². The minimum absolute atomic E-state index is 0.0748. The fourth-order valence-corrected chi connectivity index (χ4v) is 4.63. The lowest BCUT2D eigenvalue weighted by molar-refractivity contribution is -0.122. The summed E-state index contributed by atoms with van der Waals surface area (Å²) in [7, 11) is 0. The Labute approximate surface area is 208 Å². The molecule has 36 heavy (non-hydrogen) atoms. The number of urea groups is 1. The Hall–Kier alpha value is -4.27. The molecule has 2 aromatic carbocycles. The highest BCUT2D eigenvalue weighted by atomic mass is 16.2.